The van der Waals surface area contributed by atoms with Crippen molar-refractivity contribution in [2.24, 2.45) is 0 Å². The van der Waals surface area contributed by atoms with Gasteiger partial charge in [0.05, 0.1) is 6.42 Å². The highest BCUT2D eigenvalue weighted by Crippen LogP contribution is 2.14. The van der Waals surface area contributed by atoms with Crippen LogP contribution in [0, 0.1) is 0 Å². The Kier molecular flexibility index (Phi) is 4.94. The third-order valence-electron chi connectivity index (χ3n) is 2.36. The van der Waals surface area contributed by atoms with E-state index in [2.05, 4.69) is 0 Å². The lowest BCUT2D eigenvalue weighted by molar-refractivity contribution is -0.136. The molecular weight excluding hydrogens is 218 g/mol. The molecule has 1 rings (SSSR count). The zero-order valence-electron chi connectivity index (χ0n) is 9.67. The van der Waals surface area contributed by atoms with Crippen molar-refractivity contribution in [3.8, 4) is 0 Å². The van der Waals surface area contributed by atoms with Crippen LogP contribution < -0.4 is 4.90 Å². The van der Waals surface area contributed by atoms with Gasteiger partial charge in [-0.25, -0.2) is 0 Å². The molecular formula is C13H15NO3. The zero-order chi connectivity index (χ0) is 12.7. The van der Waals surface area contributed by atoms with E-state index in [1.165, 1.54) is 6.08 Å². The lowest BCUT2D eigenvalue weighted by atomic mass is 10.2. The minimum Gasteiger partial charge on any atom is -0.481 e. The number of aliphatic carboxylic acids is 1. The highest BCUT2D eigenvalue weighted by atomic mass is 16.4. The first-order valence-electron chi connectivity index (χ1n) is 5.28. The van der Waals surface area contributed by atoms with Crippen LogP contribution in [0.4, 0.5) is 5.69 Å². The summed E-state index contributed by atoms with van der Waals surface area (Å²) in [6, 6.07) is 7.55. The molecule has 0 bridgehead atoms. The first-order valence-corrected chi connectivity index (χ1v) is 5.28. The van der Waals surface area contributed by atoms with Crippen LogP contribution in [0.5, 0.6) is 0 Å². The third-order valence-corrected chi connectivity index (χ3v) is 2.36. The number of carbonyl (C=O) groups excluding carboxylic acids is 1. The van der Waals surface area contributed by atoms with Gasteiger partial charge in [0.2, 0.25) is 0 Å². The molecule has 0 radical (unpaired) electrons. The van der Waals surface area contributed by atoms with Crippen molar-refractivity contribution in [2.75, 3.05) is 18.5 Å². The molecule has 0 saturated carbocycles. The first-order chi connectivity index (χ1) is 8.13. The van der Waals surface area contributed by atoms with Gasteiger partial charge in [-0.1, -0.05) is 18.2 Å². The summed E-state index contributed by atoms with van der Waals surface area (Å²) in [5, 5.41) is 8.58. The predicted octanol–water partition coefficient (Wildman–Crippen LogP) is 1.81. The summed E-state index contributed by atoms with van der Waals surface area (Å²) in [6.45, 7) is 0.471. The second-order valence-corrected chi connectivity index (χ2v) is 3.65. The van der Waals surface area contributed by atoms with Crippen molar-refractivity contribution in [3.05, 3.63) is 35.9 Å². The minimum atomic E-state index is -0.803. The molecule has 0 aromatic heterocycles. The van der Waals surface area contributed by atoms with Crippen molar-refractivity contribution < 1.29 is 14.7 Å². The maximum atomic E-state index is 10.4. The van der Waals surface area contributed by atoms with Gasteiger partial charge in [0.1, 0.15) is 6.29 Å². The van der Waals surface area contributed by atoms with Crippen molar-refractivity contribution in [1.29, 1.82) is 0 Å². The highest BCUT2D eigenvalue weighted by Gasteiger charge is 2.03. The van der Waals surface area contributed by atoms with E-state index in [0.717, 1.165) is 17.5 Å². The van der Waals surface area contributed by atoms with E-state index in [-0.39, 0.29) is 6.42 Å². The second kappa shape index (κ2) is 6.48. The monoisotopic (exact) mass is 233 g/mol. The number of aldehydes is 1. The molecule has 1 aromatic rings. The number of allylic oxidation sites excluding steroid dienone is 1. The molecule has 4 nitrogen and oxygen atoms in total. The number of carbonyl (C=O) groups is 2. The summed E-state index contributed by atoms with van der Waals surface area (Å²) in [5.41, 5.74) is 1.89. The number of hydrogen-bond acceptors (Lipinski definition) is 3. The van der Waals surface area contributed by atoms with Gasteiger partial charge in [0.15, 0.2) is 0 Å². The van der Waals surface area contributed by atoms with Crippen molar-refractivity contribution >= 4 is 24.0 Å². The van der Waals surface area contributed by atoms with Crippen LogP contribution in [0.3, 0.4) is 0 Å². The molecule has 1 N–H and O–H groups in total. The molecule has 0 spiro atoms. The van der Waals surface area contributed by atoms with Gasteiger partial charge in [0.25, 0.3) is 0 Å². The molecule has 0 aliphatic heterocycles. The number of hydrogen-bond donors (Lipinski definition) is 1. The molecule has 0 amide bonds. The number of carboxylic acid groups (broad SMARTS) is 1. The molecule has 0 unspecified atom stereocenters. The van der Waals surface area contributed by atoms with Gasteiger partial charge < -0.3 is 10.0 Å². The Morgan fingerprint density at radius 2 is 2.00 bits per heavy atom. The Morgan fingerprint density at radius 3 is 2.53 bits per heavy atom. The molecule has 17 heavy (non-hydrogen) atoms. The average molecular weight is 233 g/mol. The standard InChI is InChI=1S/C13H15NO3/c1-14(9-8-13(16)17)12-6-4-11(5-7-12)3-2-10-15/h2-7,10H,8-9H2,1H3,(H,16,17). The van der Waals surface area contributed by atoms with E-state index in [4.69, 9.17) is 5.11 Å². The van der Waals surface area contributed by atoms with Gasteiger partial charge >= 0.3 is 5.97 Å². The summed E-state index contributed by atoms with van der Waals surface area (Å²) in [5.74, 6) is -0.803. The number of nitrogens with zero attached hydrogens (tertiary/aromatic N) is 1. The molecule has 0 saturated heterocycles. The topological polar surface area (TPSA) is 57.6 Å². The highest BCUT2D eigenvalue weighted by molar-refractivity contribution is 5.74. The van der Waals surface area contributed by atoms with Crippen LogP contribution in [0.2, 0.25) is 0 Å². The number of rotatable bonds is 6. The predicted molar refractivity (Wildman–Crippen MR) is 67.1 cm³/mol. The average Bonchev–Trinajstić information content (AvgIpc) is 2.34. The third kappa shape index (κ3) is 4.51. The Balaban J connectivity index is 2.63. The van der Waals surface area contributed by atoms with Crippen LogP contribution in [-0.4, -0.2) is 31.0 Å². The lowest BCUT2D eigenvalue weighted by Gasteiger charge is -2.18. The Bertz CT molecular complexity index is 409. The number of anilines is 1. The largest absolute Gasteiger partial charge is 0.481 e. The molecule has 0 heterocycles. The maximum Gasteiger partial charge on any atom is 0.305 e. The molecule has 90 valence electrons. The number of benzene rings is 1. The van der Waals surface area contributed by atoms with Crippen molar-refractivity contribution in [1.82, 2.24) is 0 Å². The second-order valence-electron chi connectivity index (χ2n) is 3.65. The first kappa shape index (κ1) is 13.0. The number of carboxylic acids is 1. The summed E-state index contributed by atoms with van der Waals surface area (Å²) in [4.78, 5) is 22.5. The molecule has 4 heteroatoms. The summed E-state index contributed by atoms with van der Waals surface area (Å²) >= 11 is 0. The van der Waals surface area contributed by atoms with E-state index in [0.29, 0.717) is 6.54 Å². The van der Waals surface area contributed by atoms with Crippen LogP contribution in [0.1, 0.15) is 12.0 Å². The fourth-order valence-electron chi connectivity index (χ4n) is 1.38. The quantitative estimate of drug-likeness (QED) is 0.601. The molecule has 1 aromatic carbocycles. The zero-order valence-corrected chi connectivity index (χ0v) is 9.67. The SMILES string of the molecule is CN(CCC(=O)O)c1ccc(C=CC=O)cc1. The van der Waals surface area contributed by atoms with Crippen LogP contribution in [-0.2, 0) is 9.59 Å². The van der Waals surface area contributed by atoms with E-state index < -0.39 is 5.97 Å². The fraction of sp³-hybridized carbons (Fsp3) is 0.231. The van der Waals surface area contributed by atoms with Gasteiger partial charge in [0, 0.05) is 19.3 Å². The molecule has 0 fully saturated rings. The van der Waals surface area contributed by atoms with E-state index >= 15 is 0 Å². The van der Waals surface area contributed by atoms with E-state index in [1.54, 1.807) is 6.08 Å². The van der Waals surface area contributed by atoms with Gasteiger partial charge in [-0.05, 0) is 23.8 Å². The smallest absolute Gasteiger partial charge is 0.305 e. The van der Waals surface area contributed by atoms with Crippen LogP contribution in [0.15, 0.2) is 30.3 Å². The molecule has 0 aliphatic rings. The minimum absolute atomic E-state index is 0.114. The van der Waals surface area contributed by atoms with Crippen molar-refractivity contribution in [3.63, 3.8) is 0 Å². The van der Waals surface area contributed by atoms with Gasteiger partial charge in [-0.3, -0.25) is 9.59 Å². The molecule has 0 aliphatic carbocycles. The maximum absolute atomic E-state index is 10.4. The van der Waals surface area contributed by atoms with Crippen LogP contribution in [0.25, 0.3) is 6.08 Å². The fourth-order valence-corrected chi connectivity index (χ4v) is 1.38. The summed E-state index contributed by atoms with van der Waals surface area (Å²) < 4.78 is 0. The van der Waals surface area contributed by atoms with Crippen LogP contribution >= 0.6 is 0 Å². The van der Waals surface area contributed by atoms with Crippen molar-refractivity contribution in [2.45, 2.75) is 6.42 Å². The normalized spacial score (nSPS) is 10.4. The Labute approximate surface area is 100 Å². The summed E-state index contributed by atoms with van der Waals surface area (Å²) in [7, 11) is 1.85. The van der Waals surface area contributed by atoms with Gasteiger partial charge in [-0.15, -0.1) is 0 Å². The Hall–Kier alpha value is -2.10. The van der Waals surface area contributed by atoms with E-state index in [1.807, 2.05) is 36.2 Å². The van der Waals surface area contributed by atoms with E-state index in [9.17, 15) is 9.59 Å². The summed E-state index contributed by atoms with van der Waals surface area (Å²) in [6.07, 6.45) is 3.99. The Morgan fingerprint density at radius 1 is 1.35 bits per heavy atom. The lowest BCUT2D eigenvalue weighted by Crippen LogP contribution is -2.20. The molecule has 0 atom stereocenters. The van der Waals surface area contributed by atoms with Gasteiger partial charge in [-0.2, -0.15) is 0 Å².